The summed E-state index contributed by atoms with van der Waals surface area (Å²) in [4.78, 5) is 4.31. The highest BCUT2D eigenvalue weighted by atomic mass is 35.5. The molecule has 0 spiro atoms. The van der Waals surface area contributed by atoms with Gasteiger partial charge < -0.3 is 5.32 Å². The Morgan fingerprint density at radius 2 is 2.10 bits per heavy atom. The van der Waals surface area contributed by atoms with Gasteiger partial charge in [-0.05, 0) is 55.1 Å². The number of rotatable bonds is 6. The lowest BCUT2D eigenvalue weighted by Gasteiger charge is -2.19. The molecule has 0 saturated heterocycles. The van der Waals surface area contributed by atoms with Crippen molar-refractivity contribution >= 4 is 11.6 Å². The van der Waals surface area contributed by atoms with Gasteiger partial charge in [-0.1, -0.05) is 36.7 Å². The van der Waals surface area contributed by atoms with Crippen LogP contribution in [0.25, 0.3) is 0 Å². The predicted molar refractivity (Wildman–Crippen MR) is 85.2 cm³/mol. The van der Waals surface area contributed by atoms with Gasteiger partial charge in [-0.2, -0.15) is 0 Å². The quantitative estimate of drug-likeness (QED) is 0.856. The molecule has 20 heavy (non-hydrogen) atoms. The normalized spacial score (nSPS) is 12.3. The minimum absolute atomic E-state index is 0.279. The molecule has 0 aliphatic rings. The van der Waals surface area contributed by atoms with Gasteiger partial charge in [0.2, 0.25) is 0 Å². The molecule has 106 valence electrons. The van der Waals surface area contributed by atoms with E-state index < -0.39 is 0 Å². The average Bonchev–Trinajstić information content (AvgIpc) is 2.43. The van der Waals surface area contributed by atoms with Crippen molar-refractivity contribution in [3.8, 4) is 0 Å². The first kappa shape index (κ1) is 15.0. The molecule has 0 amide bonds. The zero-order chi connectivity index (χ0) is 14.4. The van der Waals surface area contributed by atoms with Gasteiger partial charge in [0.1, 0.15) is 0 Å². The highest BCUT2D eigenvalue weighted by Gasteiger charge is 2.12. The predicted octanol–water partition coefficient (Wildman–Crippen LogP) is 4.33. The van der Waals surface area contributed by atoms with Crippen LogP contribution in [0, 0.1) is 6.92 Å². The molecule has 3 heteroatoms. The molecule has 0 bridgehead atoms. The van der Waals surface area contributed by atoms with Crippen molar-refractivity contribution in [2.45, 2.75) is 32.7 Å². The van der Waals surface area contributed by atoms with E-state index in [9.17, 15) is 0 Å². The number of nitrogens with zero attached hydrogens (tertiary/aromatic N) is 1. The number of nitrogens with one attached hydrogen (secondary N) is 1. The largest absolute Gasteiger partial charge is 0.310 e. The third kappa shape index (κ3) is 4.32. The Labute approximate surface area is 126 Å². The van der Waals surface area contributed by atoms with Crippen LogP contribution < -0.4 is 5.32 Å². The summed E-state index contributed by atoms with van der Waals surface area (Å²) < 4.78 is 0. The number of halogens is 1. The van der Waals surface area contributed by atoms with Crippen LogP contribution in [0.3, 0.4) is 0 Å². The lowest BCUT2D eigenvalue weighted by molar-refractivity contribution is 0.527. The topological polar surface area (TPSA) is 24.9 Å². The molecule has 2 aromatic rings. The molecule has 1 N–H and O–H groups in total. The van der Waals surface area contributed by atoms with Crippen molar-refractivity contribution in [2.75, 3.05) is 6.54 Å². The first-order valence-corrected chi connectivity index (χ1v) is 7.46. The summed E-state index contributed by atoms with van der Waals surface area (Å²) in [5.41, 5.74) is 3.67. The van der Waals surface area contributed by atoms with Gasteiger partial charge in [-0.15, -0.1) is 0 Å². The van der Waals surface area contributed by atoms with Gasteiger partial charge in [-0.25, -0.2) is 0 Å². The van der Waals surface area contributed by atoms with Gasteiger partial charge >= 0.3 is 0 Å². The number of hydrogen-bond acceptors (Lipinski definition) is 2. The Hall–Kier alpha value is -1.38. The fraction of sp³-hybridized carbons (Fsp3) is 0.353. The summed E-state index contributed by atoms with van der Waals surface area (Å²) in [5, 5.41) is 4.39. The molecule has 0 aliphatic carbocycles. The van der Waals surface area contributed by atoms with Crippen molar-refractivity contribution in [1.82, 2.24) is 10.3 Å². The van der Waals surface area contributed by atoms with Crippen LogP contribution in [0.1, 0.15) is 36.1 Å². The SMILES string of the molecule is CCCNC(Cc1cccc(Cl)c1)c1cncc(C)c1. The summed E-state index contributed by atoms with van der Waals surface area (Å²) in [6, 6.07) is 10.5. The molecule has 0 aliphatic heterocycles. The molecule has 0 radical (unpaired) electrons. The van der Waals surface area contributed by atoms with E-state index in [4.69, 9.17) is 11.6 Å². The monoisotopic (exact) mass is 288 g/mol. The molecule has 1 unspecified atom stereocenters. The van der Waals surface area contributed by atoms with Crippen molar-refractivity contribution < 1.29 is 0 Å². The fourth-order valence-electron chi connectivity index (χ4n) is 2.29. The number of aryl methyl sites for hydroxylation is 1. The highest BCUT2D eigenvalue weighted by molar-refractivity contribution is 6.30. The number of benzene rings is 1. The van der Waals surface area contributed by atoms with E-state index in [0.717, 1.165) is 24.4 Å². The van der Waals surface area contributed by atoms with E-state index in [0.29, 0.717) is 0 Å². The minimum atomic E-state index is 0.279. The maximum Gasteiger partial charge on any atom is 0.0408 e. The molecule has 0 fully saturated rings. The number of aromatic nitrogens is 1. The first-order valence-electron chi connectivity index (χ1n) is 7.08. The maximum atomic E-state index is 6.07. The lowest BCUT2D eigenvalue weighted by Crippen LogP contribution is -2.24. The third-order valence-corrected chi connectivity index (χ3v) is 3.50. The Balaban J connectivity index is 2.19. The van der Waals surface area contributed by atoms with Crippen LogP contribution in [0.15, 0.2) is 42.7 Å². The Kier molecular flexibility index (Phi) is 5.57. The average molecular weight is 289 g/mol. The highest BCUT2D eigenvalue weighted by Crippen LogP contribution is 2.20. The second-order valence-corrected chi connectivity index (χ2v) is 5.57. The van der Waals surface area contributed by atoms with E-state index >= 15 is 0 Å². The van der Waals surface area contributed by atoms with Gasteiger partial charge in [0.05, 0.1) is 0 Å². The first-order chi connectivity index (χ1) is 9.69. The fourth-order valence-corrected chi connectivity index (χ4v) is 2.51. The van der Waals surface area contributed by atoms with E-state index in [1.807, 2.05) is 30.6 Å². The Morgan fingerprint density at radius 3 is 2.80 bits per heavy atom. The summed E-state index contributed by atoms with van der Waals surface area (Å²) >= 11 is 6.07. The second-order valence-electron chi connectivity index (χ2n) is 5.14. The minimum Gasteiger partial charge on any atom is -0.310 e. The van der Waals surface area contributed by atoms with E-state index in [1.54, 1.807) is 0 Å². The van der Waals surface area contributed by atoms with E-state index in [-0.39, 0.29) is 6.04 Å². The molecule has 2 rings (SSSR count). The summed E-state index contributed by atoms with van der Waals surface area (Å²) in [6.07, 6.45) is 5.88. The molecule has 1 atom stereocenters. The molecular formula is C17H21ClN2. The van der Waals surface area contributed by atoms with Crippen molar-refractivity contribution in [3.63, 3.8) is 0 Å². The molecule has 2 nitrogen and oxygen atoms in total. The molecule has 1 heterocycles. The van der Waals surface area contributed by atoms with Gasteiger partial charge in [0, 0.05) is 23.5 Å². The smallest absolute Gasteiger partial charge is 0.0408 e. The van der Waals surface area contributed by atoms with Crippen LogP contribution in [0.5, 0.6) is 0 Å². The summed E-state index contributed by atoms with van der Waals surface area (Å²) in [7, 11) is 0. The van der Waals surface area contributed by atoms with Crippen molar-refractivity contribution in [2.24, 2.45) is 0 Å². The van der Waals surface area contributed by atoms with Crippen molar-refractivity contribution in [3.05, 3.63) is 64.4 Å². The molecule has 0 saturated carbocycles. The van der Waals surface area contributed by atoms with E-state index in [2.05, 4.69) is 36.3 Å². The Morgan fingerprint density at radius 1 is 1.25 bits per heavy atom. The van der Waals surface area contributed by atoms with Crippen LogP contribution >= 0.6 is 11.6 Å². The summed E-state index contributed by atoms with van der Waals surface area (Å²) in [5.74, 6) is 0. The van der Waals surface area contributed by atoms with Crippen LogP contribution in [-0.4, -0.2) is 11.5 Å². The third-order valence-electron chi connectivity index (χ3n) is 3.27. The van der Waals surface area contributed by atoms with Crippen LogP contribution in [0.2, 0.25) is 5.02 Å². The molecule has 1 aromatic heterocycles. The lowest BCUT2D eigenvalue weighted by atomic mass is 9.99. The zero-order valence-corrected chi connectivity index (χ0v) is 12.8. The summed E-state index contributed by atoms with van der Waals surface area (Å²) in [6.45, 7) is 5.25. The van der Waals surface area contributed by atoms with Gasteiger partial charge in [-0.3, -0.25) is 4.98 Å². The molecule has 1 aromatic carbocycles. The van der Waals surface area contributed by atoms with Gasteiger partial charge in [0.25, 0.3) is 0 Å². The standard InChI is InChI=1S/C17H21ClN2/c1-3-7-20-17(15-8-13(2)11-19-12-15)10-14-5-4-6-16(18)9-14/h4-6,8-9,11-12,17,20H,3,7,10H2,1-2H3. The number of pyridine rings is 1. The van der Waals surface area contributed by atoms with Gasteiger partial charge in [0.15, 0.2) is 0 Å². The van der Waals surface area contributed by atoms with E-state index in [1.165, 1.54) is 16.7 Å². The second kappa shape index (κ2) is 7.41. The molecular weight excluding hydrogens is 268 g/mol. The van der Waals surface area contributed by atoms with Crippen molar-refractivity contribution in [1.29, 1.82) is 0 Å². The van der Waals surface area contributed by atoms with Crippen LogP contribution in [-0.2, 0) is 6.42 Å². The Bertz CT molecular complexity index is 554. The van der Waals surface area contributed by atoms with Crippen LogP contribution in [0.4, 0.5) is 0 Å². The zero-order valence-electron chi connectivity index (χ0n) is 12.1. The maximum absolute atomic E-state index is 6.07. The number of hydrogen-bond donors (Lipinski definition) is 1.